The minimum atomic E-state index is -1.28. The van der Waals surface area contributed by atoms with E-state index in [1.54, 1.807) is 0 Å². The minimum absolute atomic E-state index is 0.0789. The Morgan fingerprint density at radius 2 is 2.18 bits per heavy atom. The van der Waals surface area contributed by atoms with Gasteiger partial charge in [0.05, 0.1) is 6.61 Å². The summed E-state index contributed by atoms with van der Waals surface area (Å²) in [5, 5.41) is 21.0. The molecule has 0 fully saturated rings. The highest BCUT2D eigenvalue weighted by Gasteiger charge is 2.15. The average molecular weight is 237 g/mol. The van der Waals surface area contributed by atoms with Crippen LogP contribution in [0.3, 0.4) is 0 Å². The maximum atomic E-state index is 13.5. The smallest absolute Gasteiger partial charge is 0.374 e. The Bertz CT molecular complexity index is 564. The topological polar surface area (TPSA) is 83.6 Å². The van der Waals surface area contributed by atoms with Gasteiger partial charge in [0, 0.05) is 11.6 Å². The van der Waals surface area contributed by atoms with E-state index >= 15 is 0 Å². The number of hydrogen-bond donors (Lipinski definition) is 2. The van der Waals surface area contributed by atoms with Crippen LogP contribution in [0.5, 0.6) is 0 Å². The molecule has 0 radical (unpaired) electrons. The van der Waals surface area contributed by atoms with E-state index in [0.29, 0.717) is 5.56 Å². The van der Waals surface area contributed by atoms with Gasteiger partial charge in [-0.3, -0.25) is 0 Å². The van der Waals surface area contributed by atoms with Gasteiger partial charge in [-0.2, -0.15) is 0 Å². The molecule has 0 atom stereocenters. The van der Waals surface area contributed by atoms with E-state index in [9.17, 15) is 9.18 Å². The van der Waals surface area contributed by atoms with Gasteiger partial charge in [-0.15, -0.1) is 0 Å². The molecule has 0 aliphatic carbocycles. The lowest BCUT2D eigenvalue weighted by Gasteiger charge is -2.01. The zero-order valence-electron chi connectivity index (χ0n) is 8.55. The molecular formula is C11H8FNO4. The summed E-state index contributed by atoms with van der Waals surface area (Å²) in [5.74, 6) is -2.20. The fourth-order valence-corrected chi connectivity index (χ4v) is 1.37. The predicted octanol–water partition coefficient (Wildman–Crippen LogP) is 1.67. The molecule has 0 saturated carbocycles. The van der Waals surface area contributed by atoms with Gasteiger partial charge in [0.25, 0.3) is 0 Å². The number of hydrogen-bond acceptors (Lipinski definition) is 4. The Morgan fingerprint density at radius 3 is 2.76 bits per heavy atom. The first-order valence-electron chi connectivity index (χ1n) is 4.71. The number of aliphatic hydroxyl groups excluding tert-OH is 1. The van der Waals surface area contributed by atoms with E-state index in [1.165, 1.54) is 18.2 Å². The van der Waals surface area contributed by atoms with E-state index in [1.807, 2.05) is 0 Å². The number of carboxylic acids is 1. The van der Waals surface area contributed by atoms with Crippen molar-refractivity contribution in [2.24, 2.45) is 0 Å². The molecule has 0 spiro atoms. The molecule has 0 unspecified atom stereocenters. The van der Waals surface area contributed by atoms with Crippen LogP contribution >= 0.6 is 0 Å². The van der Waals surface area contributed by atoms with Crippen molar-refractivity contribution in [2.45, 2.75) is 6.61 Å². The van der Waals surface area contributed by atoms with Crippen molar-refractivity contribution in [3.63, 3.8) is 0 Å². The Hall–Kier alpha value is -2.21. The number of nitrogens with zero attached hydrogens (tertiary/aromatic N) is 1. The third-order valence-electron chi connectivity index (χ3n) is 2.21. The summed E-state index contributed by atoms with van der Waals surface area (Å²) in [6.07, 6.45) is 0. The summed E-state index contributed by atoms with van der Waals surface area (Å²) in [7, 11) is 0. The van der Waals surface area contributed by atoms with Crippen LogP contribution in [0.2, 0.25) is 0 Å². The second-order valence-electron chi connectivity index (χ2n) is 3.35. The van der Waals surface area contributed by atoms with Crippen molar-refractivity contribution in [3.8, 4) is 11.3 Å². The minimum Gasteiger partial charge on any atom is -0.475 e. The van der Waals surface area contributed by atoms with Crippen LogP contribution in [0.15, 0.2) is 28.8 Å². The SMILES string of the molecule is O=C(O)c1cc(-c2cc(CO)ccc2F)no1. The normalized spacial score (nSPS) is 10.5. The first-order chi connectivity index (χ1) is 8.11. The Balaban J connectivity index is 2.47. The molecular weight excluding hydrogens is 229 g/mol. The molecule has 0 saturated heterocycles. The Morgan fingerprint density at radius 1 is 1.41 bits per heavy atom. The molecule has 2 N–H and O–H groups in total. The summed E-state index contributed by atoms with van der Waals surface area (Å²) < 4.78 is 18.0. The maximum absolute atomic E-state index is 13.5. The van der Waals surface area contributed by atoms with E-state index in [2.05, 4.69) is 9.68 Å². The monoisotopic (exact) mass is 237 g/mol. The van der Waals surface area contributed by atoms with E-state index in [4.69, 9.17) is 10.2 Å². The van der Waals surface area contributed by atoms with Crippen molar-refractivity contribution in [1.82, 2.24) is 5.16 Å². The van der Waals surface area contributed by atoms with Crippen molar-refractivity contribution < 1.29 is 23.9 Å². The first kappa shape index (κ1) is 11.3. The van der Waals surface area contributed by atoms with Crippen molar-refractivity contribution in [1.29, 1.82) is 0 Å². The third kappa shape index (κ3) is 2.16. The number of aromatic carboxylic acids is 1. The molecule has 1 aromatic heterocycles. The van der Waals surface area contributed by atoms with Crippen molar-refractivity contribution in [3.05, 3.63) is 41.4 Å². The van der Waals surface area contributed by atoms with Crippen LogP contribution in [0.4, 0.5) is 4.39 Å². The zero-order chi connectivity index (χ0) is 12.4. The molecule has 0 aliphatic rings. The van der Waals surface area contributed by atoms with E-state index in [-0.39, 0.29) is 23.6 Å². The average Bonchev–Trinajstić information content (AvgIpc) is 2.79. The predicted molar refractivity (Wildman–Crippen MR) is 54.8 cm³/mol. The summed E-state index contributed by atoms with van der Waals surface area (Å²) in [5.41, 5.74) is 0.671. The first-order valence-corrected chi connectivity index (χ1v) is 4.71. The number of carboxylic acid groups (broad SMARTS) is 1. The lowest BCUT2D eigenvalue weighted by molar-refractivity contribution is 0.0652. The van der Waals surface area contributed by atoms with E-state index < -0.39 is 11.8 Å². The second kappa shape index (κ2) is 4.34. The zero-order valence-corrected chi connectivity index (χ0v) is 8.55. The van der Waals surface area contributed by atoms with Crippen LogP contribution in [0, 0.1) is 5.82 Å². The molecule has 6 heteroatoms. The molecule has 0 amide bonds. The van der Waals surface area contributed by atoms with Crippen LogP contribution < -0.4 is 0 Å². The Kier molecular flexibility index (Phi) is 2.88. The molecule has 0 bridgehead atoms. The number of benzene rings is 1. The van der Waals surface area contributed by atoms with Crippen LogP contribution in [-0.4, -0.2) is 21.3 Å². The number of aliphatic hydroxyl groups is 1. The van der Waals surface area contributed by atoms with Crippen LogP contribution in [-0.2, 0) is 6.61 Å². The molecule has 88 valence electrons. The second-order valence-corrected chi connectivity index (χ2v) is 3.35. The summed E-state index contributed by atoms with van der Waals surface area (Å²) in [6, 6.07) is 5.12. The van der Waals surface area contributed by atoms with Gasteiger partial charge in [-0.25, -0.2) is 9.18 Å². The molecule has 2 aromatic rings. The molecule has 1 heterocycles. The van der Waals surface area contributed by atoms with E-state index in [0.717, 1.165) is 6.07 Å². The van der Waals surface area contributed by atoms with Crippen LogP contribution in [0.25, 0.3) is 11.3 Å². The van der Waals surface area contributed by atoms with Crippen molar-refractivity contribution in [2.75, 3.05) is 0 Å². The standard InChI is InChI=1S/C11H8FNO4/c12-8-2-1-6(5-14)3-7(8)9-4-10(11(15)16)17-13-9/h1-4,14H,5H2,(H,15,16). The lowest BCUT2D eigenvalue weighted by Crippen LogP contribution is -1.92. The molecule has 2 rings (SSSR count). The van der Waals surface area contributed by atoms with Crippen LogP contribution in [0.1, 0.15) is 16.1 Å². The van der Waals surface area contributed by atoms with Gasteiger partial charge >= 0.3 is 5.97 Å². The van der Waals surface area contributed by atoms with Gasteiger partial charge in [0.15, 0.2) is 0 Å². The fourth-order valence-electron chi connectivity index (χ4n) is 1.37. The van der Waals surface area contributed by atoms with Gasteiger partial charge in [-0.05, 0) is 17.7 Å². The largest absolute Gasteiger partial charge is 0.475 e. The van der Waals surface area contributed by atoms with Gasteiger partial charge in [0.2, 0.25) is 5.76 Å². The van der Waals surface area contributed by atoms with Gasteiger partial charge < -0.3 is 14.7 Å². The number of aromatic nitrogens is 1. The summed E-state index contributed by atoms with van der Waals surface area (Å²) >= 11 is 0. The highest BCUT2D eigenvalue weighted by Crippen LogP contribution is 2.23. The molecule has 1 aromatic carbocycles. The molecule has 17 heavy (non-hydrogen) atoms. The highest BCUT2D eigenvalue weighted by molar-refractivity contribution is 5.85. The molecule has 5 nitrogen and oxygen atoms in total. The van der Waals surface area contributed by atoms with Gasteiger partial charge in [-0.1, -0.05) is 11.2 Å². The van der Waals surface area contributed by atoms with Crippen molar-refractivity contribution >= 4 is 5.97 Å². The maximum Gasteiger partial charge on any atom is 0.374 e. The number of rotatable bonds is 3. The summed E-state index contributed by atoms with van der Waals surface area (Å²) in [4.78, 5) is 10.6. The number of halogens is 1. The third-order valence-corrected chi connectivity index (χ3v) is 2.21. The number of carbonyl (C=O) groups is 1. The molecule has 0 aliphatic heterocycles. The highest BCUT2D eigenvalue weighted by atomic mass is 19.1. The fraction of sp³-hybridized carbons (Fsp3) is 0.0909. The quantitative estimate of drug-likeness (QED) is 0.848. The van der Waals surface area contributed by atoms with Gasteiger partial charge in [0.1, 0.15) is 11.5 Å². The lowest BCUT2D eigenvalue weighted by atomic mass is 10.1. The Labute approximate surface area is 95.1 Å². The summed E-state index contributed by atoms with van der Waals surface area (Å²) in [6.45, 7) is -0.239.